The Kier molecular flexibility index (Phi) is 4.74. The van der Waals surface area contributed by atoms with Crippen LogP contribution in [0.15, 0.2) is 42.5 Å². The van der Waals surface area contributed by atoms with Crippen LogP contribution in [0.5, 0.6) is 0 Å². The third kappa shape index (κ3) is 2.99. The molecule has 0 unspecified atom stereocenters. The van der Waals surface area contributed by atoms with Gasteiger partial charge in [0.25, 0.3) is 0 Å². The van der Waals surface area contributed by atoms with Crippen LogP contribution >= 0.6 is 0 Å². The first kappa shape index (κ1) is 14.5. The van der Waals surface area contributed by atoms with Crippen molar-refractivity contribution in [3.63, 3.8) is 0 Å². The number of aromatic nitrogens is 1. The zero-order valence-corrected chi connectivity index (χ0v) is 12.4. The molecule has 20 heavy (non-hydrogen) atoms. The first-order valence-corrected chi connectivity index (χ1v) is 7.12. The van der Waals surface area contributed by atoms with Crippen LogP contribution in [-0.4, -0.2) is 23.2 Å². The Morgan fingerprint density at radius 2 is 1.70 bits per heavy atom. The van der Waals surface area contributed by atoms with E-state index in [0.29, 0.717) is 0 Å². The molecule has 0 radical (unpaired) electrons. The van der Waals surface area contributed by atoms with E-state index in [1.165, 1.54) is 0 Å². The van der Waals surface area contributed by atoms with Gasteiger partial charge in [0.05, 0.1) is 0 Å². The SMILES string of the molecule is CCN(CC)c1ccc([C@H](O)c2ccccc2)c(C)n1. The van der Waals surface area contributed by atoms with Crippen molar-refractivity contribution in [2.45, 2.75) is 26.9 Å². The molecule has 0 aliphatic rings. The number of rotatable bonds is 5. The van der Waals surface area contributed by atoms with Crippen molar-refractivity contribution in [2.75, 3.05) is 18.0 Å². The maximum Gasteiger partial charge on any atom is 0.128 e. The second-order valence-electron chi connectivity index (χ2n) is 4.83. The highest BCUT2D eigenvalue weighted by molar-refractivity contribution is 5.43. The van der Waals surface area contributed by atoms with Gasteiger partial charge in [-0.2, -0.15) is 0 Å². The minimum atomic E-state index is -0.616. The number of anilines is 1. The molecule has 2 aromatic rings. The lowest BCUT2D eigenvalue weighted by atomic mass is 10.0. The molecule has 1 aromatic heterocycles. The normalized spacial score (nSPS) is 12.2. The van der Waals surface area contributed by atoms with Crippen molar-refractivity contribution in [1.29, 1.82) is 0 Å². The van der Waals surface area contributed by atoms with Gasteiger partial charge in [-0.1, -0.05) is 36.4 Å². The minimum Gasteiger partial charge on any atom is -0.384 e. The smallest absolute Gasteiger partial charge is 0.128 e. The average Bonchev–Trinajstić information content (AvgIpc) is 2.49. The Labute approximate surface area is 120 Å². The van der Waals surface area contributed by atoms with E-state index < -0.39 is 6.10 Å². The largest absolute Gasteiger partial charge is 0.384 e. The Morgan fingerprint density at radius 1 is 1.05 bits per heavy atom. The molecule has 0 fully saturated rings. The third-order valence-corrected chi connectivity index (χ3v) is 3.61. The van der Waals surface area contributed by atoms with E-state index in [4.69, 9.17) is 0 Å². The standard InChI is InChI=1S/C17H22N2O/c1-4-19(5-2)16-12-11-15(13(3)18-16)17(20)14-9-7-6-8-10-14/h6-12,17,20H,4-5H2,1-3H3/t17-/m1/s1. The lowest BCUT2D eigenvalue weighted by Crippen LogP contribution is -2.23. The Morgan fingerprint density at radius 3 is 2.25 bits per heavy atom. The fourth-order valence-electron chi connectivity index (χ4n) is 2.39. The monoisotopic (exact) mass is 270 g/mol. The van der Waals surface area contributed by atoms with E-state index in [1.807, 2.05) is 49.4 Å². The maximum atomic E-state index is 10.5. The molecule has 106 valence electrons. The fourth-order valence-corrected chi connectivity index (χ4v) is 2.39. The summed E-state index contributed by atoms with van der Waals surface area (Å²) in [5.74, 6) is 0.969. The maximum absolute atomic E-state index is 10.5. The van der Waals surface area contributed by atoms with E-state index in [0.717, 1.165) is 35.7 Å². The van der Waals surface area contributed by atoms with Gasteiger partial charge in [0.2, 0.25) is 0 Å². The van der Waals surface area contributed by atoms with Crippen LogP contribution in [0, 0.1) is 6.92 Å². The molecule has 3 heteroatoms. The predicted molar refractivity (Wildman–Crippen MR) is 83.0 cm³/mol. The van der Waals surface area contributed by atoms with Crippen molar-refractivity contribution >= 4 is 5.82 Å². The number of hydrogen-bond acceptors (Lipinski definition) is 3. The van der Waals surface area contributed by atoms with Crippen LogP contribution < -0.4 is 4.90 Å². The summed E-state index contributed by atoms with van der Waals surface area (Å²) in [5.41, 5.74) is 2.64. The summed E-state index contributed by atoms with van der Waals surface area (Å²) in [4.78, 5) is 6.83. The lowest BCUT2D eigenvalue weighted by Gasteiger charge is -2.22. The highest BCUT2D eigenvalue weighted by Gasteiger charge is 2.14. The molecule has 0 spiro atoms. The first-order valence-electron chi connectivity index (χ1n) is 7.12. The molecule has 0 aliphatic heterocycles. The van der Waals surface area contributed by atoms with Gasteiger partial charge >= 0.3 is 0 Å². The van der Waals surface area contributed by atoms with Crippen LogP contribution in [-0.2, 0) is 0 Å². The average molecular weight is 270 g/mol. The molecule has 2 rings (SSSR count). The molecule has 0 saturated carbocycles. The van der Waals surface area contributed by atoms with Crippen LogP contribution in [0.3, 0.4) is 0 Å². The van der Waals surface area contributed by atoms with Crippen LogP contribution in [0.2, 0.25) is 0 Å². The van der Waals surface area contributed by atoms with Crippen molar-refractivity contribution in [3.05, 3.63) is 59.3 Å². The quantitative estimate of drug-likeness (QED) is 0.905. The van der Waals surface area contributed by atoms with Gasteiger partial charge in [-0.15, -0.1) is 0 Å². The number of pyridine rings is 1. The Bertz CT molecular complexity index is 550. The molecular weight excluding hydrogens is 248 g/mol. The number of hydrogen-bond donors (Lipinski definition) is 1. The minimum absolute atomic E-state index is 0.616. The van der Waals surface area contributed by atoms with Gasteiger partial charge in [0.1, 0.15) is 11.9 Å². The summed E-state index contributed by atoms with van der Waals surface area (Å²) in [7, 11) is 0. The van der Waals surface area contributed by atoms with E-state index in [1.54, 1.807) is 0 Å². The van der Waals surface area contributed by atoms with Crippen LogP contribution in [0.1, 0.15) is 36.8 Å². The first-order chi connectivity index (χ1) is 9.67. The van der Waals surface area contributed by atoms with E-state index in [2.05, 4.69) is 23.7 Å². The molecule has 1 N–H and O–H groups in total. The highest BCUT2D eigenvalue weighted by Crippen LogP contribution is 2.25. The number of nitrogens with zero attached hydrogens (tertiary/aromatic N) is 2. The molecule has 3 nitrogen and oxygen atoms in total. The van der Waals surface area contributed by atoms with E-state index in [9.17, 15) is 5.11 Å². The van der Waals surface area contributed by atoms with Crippen molar-refractivity contribution in [3.8, 4) is 0 Å². The van der Waals surface area contributed by atoms with Gasteiger partial charge in [-0.05, 0) is 32.4 Å². The molecule has 1 heterocycles. The summed E-state index contributed by atoms with van der Waals surface area (Å²) in [6.45, 7) is 8.06. The van der Waals surface area contributed by atoms with Crippen LogP contribution in [0.25, 0.3) is 0 Å². The molecule has 1 atom stereocenters. The fraction of sp³-hybridized carbons (Fsp3) is 0.353. The topological polar surface area (TPSA) is 36.4 Å². The van der Waals surface area contributed by atoms with Gasteiger partial charge < -0.3 is 10.0 Å². The van der Waals surface area contributed by atoms with Crippen LogP contribution in [0.4, 0.5) is 5.82 Å². The summed E-state index contributed by atoms with van der Waals surface area (Å²) in [6, 6.07) is 13.7. The van der Waals surface area contributed by atoms with E-state index in [-0.39, 0.29) is 0 Å². The van der Waals surface area contributed by atoms with Crippen molar-refractivity contribution in [2.24, 2.45) is 0 Å². The molecule has 0 amide bonds. The van der Waals surface area contributed by atoms with Crippen molar-refractivity contribution in [1.82, 2.24) is 4.98 Å². The zero-order chi connectivity index (χ0) is 14.5. The Balaban J connectivity index is 2.30. The van der Waals surface area contributed by atoms with E-state index >= 15 is 0 Å². The summed E-state index contributed by atoms with van der Waals surface area (Å²) in [6.07, 6.45) is -0.616. The second-order valence-corrected chi connectivity index (χ2v) is 4.83. The summed E-state index contributed by atoms with van der Waals surface area (Å²) in [5, 5.41) is 10.5. The summed E-state index contributed by atoms with van der Waals surface area (Å²) >= 11 is 0. The second kappa shape index (κ2) is 6.53. The number of aliphatic hydroxyl groups excluding tert-OH is 1. The predicted octanol–water partition coefficient (Wildman–Crippen LogP) is 3.32. The zero-order valence-electron chi connectivity index (χ0n) is 12.4. The number of benzene rings is 1. The van der Waals surface area contributed by atoms with Gasteiger partial charge in [-0.25, -0.2) is 4.98 Å². The number of aryl methyl sites for hydroxylation is 1. The van der Waals surface area contributed by atoms with Crippen molar-refractivity contribution < 1.29 is 5.11 Å². The molecule has 0 aliphatic carbocycles. The van der Waals surface area contributed by atoms with Gasteiger partial charge in [0, 0.05) is 24.3 Å². The third-order valence-electron chi connectivity index (χ3n) is 3.61. The lowest BCUT2D eigenvalue weighted by molar-refractivity contribution is 0.219. The molecular formula is C17H22N2O. The van der Waals surface area contributed by atoms with Gasteiger partial charge in [-0.3, -0.25) is 0 Å². The molecule has 0 bridgehead atoms. The van der Waals surface area contributed by atoms with Gasteiger partial charge in [0.15, 0.2) is 0 Å². The highest BCUT2D eigenvalue weighted by atomic mass is 16.3. The molecule has 0 saturated heterocycles. The number of aliphatic hydroxyl groups is 1. The molecule has 1 aromatic carbocycles. The summed E-state index contributed by atoms with van der Waals surface area (Å²) < 4.78 is 0. The Hall–Kier alpha value is -1.87.